The molecule has 0 saturated heterocycles. The number of rotatable bonds is 10. The van der Waals surface area contributed by atoms with E-state index in [0.717, 1.165) is 5.56 Å². The molecule has 10 nitrogen and oxygen atoms in total. The quantitative estimate of drug-likeness (QED) is 0.305. The number of amides is 1. The van der Waals surface area contributed by atoms with E-state index in [4.69, 9.17) is 16.3 Å². The lowest BCUT2D eigenvalue weighted by molar-refractivity contribution is -0.134. The molecule has 0 aliphatic carbocycles. The van der Waals surface area contributed by atoms with Crippen LogP contribution in [-0.4, -0.2) is 79.2 Å². The number of carboxylic acids is 1. The number of benzene rings is 3. The number of aliphatic hydroxyl groups excluding tert-OH is 1. The fourth-order valence-corrected chi connectivity index (χ4v) is 6.15. The summed E-state index contributed by atoms with van der Waals surface area (Å²) in [6, 6.07) is 16.9. The van der Waals surface area contributed by atoms with Crippen molar-refractivity contribution in [1.29, 1.82) is 0 Å². The third kappa shape index (κ3) is 8.26. The minimum atomic E-state index is -3.91. The number of carbonyl (C=O) groups is 2. The molecule has 0 saturated carbocycles. The number of nitrogens with one attached hydrogen (secondary N) is 1. The number of anilines is 1. The summed E-state index contributed by atoms with van der Waals surface area (Å²) in [5.74, 6) is -0.840. The summed E-state index contributed by atoms with van der Waals surface area (Å²) < 4.78 is 35.1. The topological polar surface area (TPSA) is 136 Å². The highest BCUT2D eigenvalue weighted by atomic mass is 35.5. The number of likely N-dealkylation sites (N-methyl/N-ethyl adjacent to an activating group) is 1. The van der Waals surface area contributed by atoms with Crippen LogP contribution in [0.25, 0.3) is 0 Å². The molecule has 4 rings (SSSR count). The van der Waals surface area contributed by atoms with Crippen molar-refractivity contribution in [3.63, 3.8) is 0 Å². The zero-order valence-electron chi connectivity index (χ0n) is 24.2. The highest BCUT2D eigenvalue weighted by Crippen LogP contribution is 2.30. The van der Waals surface area contributed by atoms with Crippen LogP contribution in [0, 0.1) is 5.92 Å². The van der Waals surface area contributed by atoms with Crippen molar-refractivity contribution < 1.29 is 33.0 Å². The standard InChI is InChI=1S/C31H36ClN3O7S/c1-20-16-35(21(2)19-36)30(37)15-24-14-26(33-43(40,41)27-11-8-25(32)9-12-27)10-13-28(24)42-29(20)18-34(3)17-22-4-6-23(7-5-22)31(38)39/h4-14,20-21,29,33,36H,15-19H2,1-3H3,(H,38,39)/t20-,21+,29-/m1/s1. The van der Waals surface area contributed by atoms with Crippen LogP contribution in [0.1, 0.15) is 35.3 Å². The number of aliphatic hydroxyl groups is 1. The molecule has 1 heterocycles. The molecular weight excluding hydrogens is 594 g/mol. The lowest BCUT2D eigenvalue weighted by Gasteiger charge is -2.34. The van der Waals surface area contributed by atoms with E-state index in [0.29, 0.717) is 36.0 Å². The highest BCUT2D eigenvalue weighted by Gasteiger charge is 2.31. The van der Waals surface area contributed by atoms with Gasteiger partial charge >= 0.3 is 5.97 Å². The summed E-state index contributed by atoms with van der Waals surface area (Å²) in [6.07, 6.45) is -0.403. The summed E-state index contributed by atoms with van der Waals surface area (Å²) in [7, 11) is -1.98. The number of aromatic carboxylic acids is 1. The van der Waals surface area contributed by atoms with Crippen molar-refractivity contribution >= 4 is 39.2 Å². The second-order valence-corrected chi connectivity index (χ2v) is 13.1. The molecule has 0 spiro atoms. The molecule has 0 aromatic heterocycles. The van der Waals surface area contributed by atoms with Gasteiger partial charge in [0, 0.05) is 41.8 Å². The molecule has 0 unspecified atom stereocenters. The summed E-state index contributed by atoms with van der Waals surface area (Å²) >= 11 is 5.91. The molecule has 12 heteroatoms. The van der Waals surface area contributed by atoms with Gasteiger partial charge in [-0.05, 0) is 74.1 Å². The average molecular weight is 630 g/mol. The van der Waals surface area contributed by atoms with Crippen molar-refractivity contribution in [2.45, 2.75) is 43.9 Å². The second kappa shape index (κ2) is 13.8. The van der Waals surface area contributed by atoms with E-state index in [9.17, 15) is 28.2 Å². The normalized spacial score (nSPS) is 18.2. The molecule has 1 amide bonds. The van der Waals surface area contributed by atoms with Crippen LogP contribution in [0.15, 0.2) is 71.6 Å². The van der Waals surface area contributed by atoms with Gasteiger partial charge in [0.15, 0.2) is 0 Å². The number of halogens is 1. The fraction of sp³-hybridized carbons (Fsp3) is 0.355. The van der Waals surface area contributed by atoms with Gasteiger partial charge in [-0.2, -0.15) is 0 Å². The minimum absolute atomic E-state index is 0.0403. The summed E-state index contributed by atoms with van der Waals surface area (Å²) in [6.45, 7) is 4.95. The van der Waals surface area contributed by atoms with Crippen LogP contribution in [0.5, 0.6) is 5.75 Å². The van der Waals surface area contributed by atoms with Crippen LogP contribution in [-0.2, 0) is 27.8 Å². The Morgan fingerprint density at radius 1 is 1.14 bits per heavy atom. The predicted molar refractivity (Wildman–Crippen MR) is 164 cm³/mol. The molecule has 0 radical (unpaired) electrons. The van der Waals surface area contributed by atoms with Crippen LogP contribution in [0.4, 0.5) is 5.69 Å². The average Bonchev–Trinajstić information content (AvgIpc) is 3.00. The zero-order chi connectivity index (χ0) is 31.3. The number of hydrogen-bond donors (Lipinski definition) is 3. The zero-order valence-corrected chi connectivity index (χ0v) is 25.8. The number of fused-ring (bicyclic) bond motifs is 1. The van der Waals surface area contributed by atoms with E-state index in [1.165, 1.54) is 24.3 Å². The first kappa shape index (κ1) is 32.3. The SMILES string of the molecule is C[C@@H]1CN([C@@H](C)CO)C(=O)Cc2cc(NS(=O)(=O)c3ccc(Cl)cc3)ccc2O[C@@H]1CN(C)Cc1ccc(C(=O)O)cc1. The first-order valence-electron chi connectivity index (χ1n) is 13.9. The molecule has 1 aliphatic rings. The summed E-state index contributed by atoms with van der Waals surface area (Å²) in [5.41, 5.74) is 1.95. The Morgan fingerprint density at radius 3 is 2.44 bits per heavy atom. The van der Waals surface area contributed by atoms with E-state index in [2.05, 4.69) is 9.62 Å². The third-order valence-corrected chi connectivity index (χ3v) is 9.09. The van der Waals surface area contributed by atoms with Crippen molar-refractivity contribution in [2.24, 2.45) is 5.92 Å². The predicted octanol–water partition coefficient (Wildman–Crippen LogP) is 4.12. The Morgan fingerprint density at radius 2 is 1.81 bits per heavy atom. The first-order valence-corrected chi connectivity index (χ1v) is 15.7. The maximum absolute atomic E-state index is 13.5. The molecule has 3 N–H and O–H groups in total. The second-order valence-electron chi connectivity index (χ2n) is 11.0. The van der Waals surface area contributed by atoms with Crippen LogP contribution >= 0.6 is 11.6 Å². The van der Waals surface area contributed by atoms with Crippen LogP contribution in [0.3, 0.4) is 0 Å². The number of sulfonamides is 1. The number of hydrogen-bond acceptors (Lipinski definition) is 7. The Kier molecular flexibility index (Phi) is 10.3. The maximum Gasteiger partial charge on any atom is 0.335 e. The van der Waals surface area contributed by atoms with Crippen LogP contribution in [0.2, 0.25) is 5.02 Å². The van der Waals surface area contributed by atoms with E-state index in [1.54, 1.807) is 54.3 Å². The van der Waals surface area contributed by atoms with Crippen molar-refractivity contribution in [1.82, 2.24) is 9.80 Å². The number of carboxylic acid groups (broad SMARTS) is 1. The molecule has 3 aromatic carbocycles. The molecule has 0 fully saturated rings. The van der Waals surface area contributed by atoms with Gasteiger partial charge in [-0.25, -0.2) is 13.2 Å². The molecule has 3 aromatic rings. The summed E-state index contributed by atoms with van der Waals surface area (Å²) in [5, 5.41) is 19.5. The van der Waals surface area contributed by atoms with Gasteiger partial charge in [-0.15, -0.1) is 0 Å². The van der Waals surface area contributed by atoms with Crippen molar-refractivity contribution in [3.05, 3.63) is 88.4 Å². The van der Waals surface area contributed by atoms with Gasteiger partial charge in [-0.3, -0.25) is 14.4 Å². The molecule has 43 heavy (non-hydrogen) atoms. The fourth-order valence-electron chi connectivity index (χ4n) is 4.97. The van der Waals surface area contributed by atoms with Crippen LogP contribution < -0.4 is 9.46 Å². The molecule has 0 bridgehead atoms. The molecule has 230 valence electrons. The Bertz CT molecular complexity index is 1550. The van der Waals surface area contributed by atoms with E-state index < -0.39 is 22.0 Å². The van der Waals surface area contributed by atoms with E-state index in [1.807, 2.05) is 14.0 Å². The lowest BCUT2D eigenvalue weighted by atomic mass is 10.0. The van der Waals surface area contributed by atoms with Crippen molar-refractivity contribution in [2.75, 3.05) is 31.5 Å². The van der Waals surface area contributed by atoms with Gasteiger partial charge in [-0.1, -0.05) is 30.7 Å². The van der Waals surface area contributed by atoms with Gasteiger partial charge in [0.2, 0.25) is 5.91 Å². The Hall–Kier alpha value is -3.64. The minimum Gasteiger partial charge on any atom is -0.488 e. The largest absolute Gasteiger partial charge is 0.488 e. The lowest BCUT2D eigenvalue weighted by Crippen LogP contribution is -2.47. The van der Waals surface area contributed by atoms with Gasteiger partial charge in [0.05, 0.1) is 29.5 Å². The molecular formula is C31H36ClN3O7S. The number of nitrogens with zero attached hydrogens (tertiary/aromatic N) is 2. The van der Waals surface area contributed by atoms with E-state index in [-0.39, 0.29) is 47.1 Å². The Balaban J connectivity index is 1.60. The van der Waals surface area contributed by atoms with E-state index >= 15 is 0 Å². The van der Waals surface area contributed by atoms with Gasteiger partial charge < -0.3 is 19.8 Å². The third-order valence-electron chi connectivity index (χ3n) is 7.44. The van der Waals surface area contributed by atoms with Gasteiger partial charge in [0.1, 0.15) is 11.9 Å². The summed E-state index contributed by atoms with van der Waals surface area (Å²) in [4.78, 5) is 28.4. The molecule has 3 atom stereocenters. The monoisotopic (exact) mass is 629 g/mol. The van der Waals surface area contributed by atoms with Crippen molar-refractivity contribution in [3.8, 4) is 5.75 Å². The van der Waals surface area contributed by atoms with Gasteiger partial charge in [0.25, 0.3) is 10.0 Å². The highest BCUT2D eigenvalue weighted by molar-refractivity contribution is 7.92. The first-order chi connectivity index (χ1) is 20.4. The Labute approximate surface area is 256 Å². The smallest absolute Gasteiger partial charge is 0.335 e. The number of carbonyl (C=O) groups excluding carboxylic acids is 1. The number of ether oxygens (including phenoxy) is 1. The maximum atomic E-state index is 13.5. The molecule has 1 aliphatic heterocycles.